The van der Waals surface area contributed by atoms with E-state index in [2.05, 4.69) is 61.6 Å². The third kappa shape index (κ3) is 2.53. The SMILES string of the molecule is Cc1cc(Br)c2c3c1N(C)C(C(C)(C)C)[C@H]3CN(C(=O)O)CC2. The molecule has 23 heavy (non-hydrogen) atoms. The Bertz CT molecular complexity index is 666. The molecule has 1 N–H and O–H groups in total. The van der Waals surface area contributed by atoms with Crippen molar-refractivity contribution in [2.75, 3.05) is 25.0 Å². The molecule has 0 saturated carbocycles. The number of carboxylic acid groups (broad SMARTS) is 1. The lowest BCUT2D eigenvalue weighted by Gasteiger charge is -2.39. The van der Waals surface area contributed by atoms with Gasteiger partial charge in [0.2, 0.25) is 0 Å². The topological polar surface area (TPSA) is 43.8 Å². The van der Waals surface area contributed by atoms with Gasteiger partial charge in [-0.1, -0.05) is 36.7 Å². The minimum atomic E-state index is -0.811. The Labute approximate surface area is 146 Å². The average molecular weight is 381 g/mol. The Morgan fingerprint density at radius 3 is 2.61 bits per heavy atom. The van der Waals surface area contributed by atoms with Crippen molar-refractivity contribution in [2.24, 2.45) is 5.41 Å². The number of amides is 1. The van der Waals surface area contributed by atoms with Gasteiger partial charge in [-0.15, -0.1) is 0 Å². The molecule has 2 aliphatic heterocycles. The van der Waals surface area contributed by atoms with Gasteiger partial charge in [-0.05, 0) is 41.5 Å². The lowest BCUT2D eigenvalue weighted by Crippen LogP contribution is -2.45. The van der Waals surface area contributed by atoms with Gasteiger partial charge in [-0.3, -0.25) is 0 Å². The first-order valence-corrected chi connectivity index (χ1v) is 8.94. The van der Waals surface area contributed by atoms with Crippen molar-refractivity contribution in [3.63, 3.8) is 0 Å². The zero-order chi connectivity index (χ0) is 17.1. The summed E-state index contributed by atoms with van der Waals surface area (Å²) in [6.45, 7) is 10.1. The minimum absolute atomic E-state index is 0.0726. The van der Waals surface area contributed by atoms with Crippen LogP contribution in [0.3, 0.4) is 0 Å². The lowest BCUT2D eigenvalue weighted by molar-refractivity contribution is 0.138. The summed E-state index contributed by atoms with van der Waals surface area (Å²) in [5.74, 6) is 0.222. The lowest BCUT2D eigenvalue weighted by atomic mass is 9.77. The fraction of sp³-hybridized carbons (Fsp3) is 0.611. The molecule has 2 aliphatic rings. The van der Waals surface area contributed by atoms with Crippen molar-refractivity contribution in [3.8, 4) is 0 Å². The Hall–Kier alpha value is -1.23. The van der Waals surface area contributed by atoms with E-state index in [0.717, 1.165) is 10.9 Å². The summed E-state index contributed by atoms with van der Waals surface area (Å²) in [4.78, 5) is 15.6. The third-order valence-corrected chi connectivity index (χ3v) is 6.02. The first-order valence-electron chi connectivity index (χ1n) is 8.15. The molecule has 0 fully saturated rings. The molecular formula is C18H25BrN2O2. The molecule has 5 heteroatoms. The highest BCUT2D eigenvalue weighted by atomic mass is 79.9. The first kappa shape index (κ1) is 16.6. The Morgan fingerprint density at radius 1 is 1.39 bits per heavy atom. The van der Waals surface area contributed by atoms with Crippen LogP contribution in [0.2, 0.25) is 0 Å². The molecule has 2 atom stereocenters. The van der Waals surface area contributed by atoms with Gasteiger partial charge in [0.1, 0.15) is 0 Å². The van der Waals surface area contributed by atoms with E-state index in [4.69, 9.17) is 0 Å². The van der Waals surface area contributed by atoms with Crippen LogP contribution in [0.1, 0.15) is 43.4 Å². The monoisotopic (exact) mass is 380 g/mol. The first-order chi connectivity index (χ1) is 10.6. The van der Waals surface area contributed by atoms with Gasteiger partial charge in [0.15, 0.2) is 0 Å². The largest absolute Gasteiger partial charge is 0.465 e. The van der Waals surface area contributed by atoms with Crippen molar-refractivity contribution in [2.45, 2.75) is 46.1 Å². The molecule has 0 saturated heterocycles. The highest BCUT2D eigenvalue weighted by Gasteiger charge is 2.47. The Kier molecular flexibility index (Phi) is 3.90. The molecule has 2 heterocycles. The number of hydrogen-bond acceptors (Lipinski definition) is 2. The summed E-state index contributed by atoms with van der Waals surface area (Å²) in [6, 6.07) is 2.48. The van der Waals surface area contributed by atoms with Crippen LogP contribution in [0.5, 0.6) is 0 Å². The Morgan fingerprint density at radius 2 is 2.04 bits per heavy atom. The van der Waals surface area contributed by atoms with Crippen LogP contribution in [0.15, 0.2) is 10.5 Å². The van der Waals surface area contributed by atoms with E-state index in [1.54, 1.807) is 4.90 Å². The molecule has 1 aromatic rings. The summed E-state index contributed by atoms with van der Waals surface area (Å²) in [6.07, 6.45) is -0.0362. The zero-order valence-electron chi connectivity index (χ0n) is 14.5. The predicted molar refractivity (Wildman–Crippen MR) is 96.6 cm³/mol. The highest BCUT2D eigenvalue weighted by molar-refractivity contribution is 9.10. The van der Waals surface area contributed by atoms with Gasteiger partial charge in [0.05, 0.1) is 0 Å². The number of likely N-dealkylation sites (N-methyl/N-ethyl adjacent to an activating group) is 1. The number of benzene rings is 1. The third-order valence-electron chi connectivity index (χ3n) is 5.31. The summed E-state index contributed by atoms with van der Waals surface area (Å²) >= 11 is 3.72. The van der Waals surface area contributed by atoms with Crippen molar-refractivity contribution >= 4 is 27.7 Å². The molecule has 0 radical (unpaired) electrons. The molecule has 126 valence electrons. The summed E-state index contributed by atoms with van der Waals surface area (Å²) in [7, 11) is 2.16. The van der Waals surface area contributed by atoms with E-state index in [1.807, 2.05) is 0 Å². The standard InChI is InChI=1S/C18H25BrN2O2/c1-10-8-13(19)11-6-7-21(17(22)23)9-12-14(11)15(10)20(5)16(12)18(2,3)4/h8,12,16H,6-7,9H2,1-5H3,(H,22,23)/t12-,16?/m0/s1. The van der Waals surface area contributed by atoms with Crippen LogP contribution in [-0.4, -0.2) is 42.3 Å². The van der Waals surface area contributed by atoms with E-state index in [0.29, 0.717) is 19.1 Å². The van der Waals surface area contributed by atoms with Crippen molar-refractivity contribution in [3.05, 3.63) is 27.2 Å². The second-order valence-corrected chi connectivity index (χ2v) is 8.78. The van der Waals surface area contributed by atoms with Crippen molar-refractivity contribution < 1.29 is 9.90 Å². The maximum Gasteiger partial charge on any atom is 0.407 e. The van der Waals surface area contributed by atoms with E-state index >= 15 is 0 Å². The molecule has 4 nitrogen and oxygen atoms in total. The fourth-order valence-corrected chi connectivity index (χ4v) is 5.40. The second-order valence-electron chi connectivity index (χ2n) is 7.92. The number of halogens is 1. The van der Waals surface area contributed by atoms with Crippen LogP contribution in [-0.2, 0) is 6.42 Å². The number of nitrogens with zero attached hydrogens (tertiary/aromatic N) is 2. The van der Waals surface area contributed by atoms with Gasteiger partial charge < -0.3 is 14.9 Å². The summed E-state index contributed by atoms with van der Waals surface area (Å²) in [5.41, 5.74) is 5.29. The van der Waals surface area contributed by atoms with Gasteiger partial charge in [0.25, 0.3) is 0 Å². The van der Waals surface area contributed by atoms with E-state index < -0.39 is 6.09 Å². The Balaban J connectivity index is 2.22. The predicted octanol–water partition coefficient (Wildman–Crippen LogP) is 4.24. The summed E-state index contributed by atoms with van der Waals surface area (Å²) in [5, 5.41) is 9.55. The van der Waals surface area contributed by atoms with Crippen LogP contribution >= 0.6 is 15.9 Å². The van der Waals surface area contributed by atoms with Crippen LogP contribution in [0.25, 0.3) is 0 Å². The molecule has 1 aromatic carbocycles. The van der Waals surface area contributed by atoms with Crippen LogP contribution in [0, 0.1) is 12.3 Å². The molecule has 0 aromatic heterocycles. The molecule has 0 aliphatic carbocycles. The van der Waals surface area contributed by atoms with Gasteiger partial charge >= 0.3 is 6.09 Å². The number of aryl methyl sites for hydroxylation is 1. The van der Waals surface area contributed by atoms with Crippen molar-refractivity contribution in [1.82, 2.24) is 4.90 Å². The quantitative estimate of drug-likeness (QED) is 0.731. The highest BCUT2D eigenvalue weighted by Crippen LogP contribution is 2.52. The molecule has 0 bridgehead atoms. The summed E-state index contributed by atoms with van der Waals surface area (Å²) < 4.78 is 1.12. The van der Waals surface area contributed by atoms with E-state index in [1.165, 1.54) is 22.4 Å². The fourth-order valence-electron chi connectivity index (χ4n) is 4.64. The molecule has 3 rings (SSSR count). The van der Waals surface area contributed by atoms with Gasteiger partial charge in [-0.25, -0.2) is 4.79 Å². The number of anilines is 1. The number of rotatable bonds is 0. The maximum atomic E-state index is 11.6. The molecular weight excluding hydrogens is 356 g/mol. The zero-order valence-corrected chi connectivity index (χ0v) is 16.1. The second kappa shape index (κ2) is 5.40. The molecule has 1 amide bonds. The number of hydrogen-bond donors (Lipinski definition) is 1. The van der Waals surface area contributed by atoms with Crippen LogP contribution < -0.4 is 4.90 Å². The van der Waals surface area contributed by atoms with E-state index in [9.17, 15) is 9.90 Å². The molecule has 0 spiro atoms. The maximum absolute atomic E-state index is 11.6. The minimum Gasteiger partial charge on any atom is -0.465 e. The van der Waals surface area contributed by atoms with Gasteiger partial charge in [0, 0.05) is 42.3 Å². The normalized spacial score (nSPS) is 23.7. The molecule has 1 unspecified atom stereocenters. The van der Waals surface area contributed by atoms with Crippen LogP contribution in [0.4, 0.5) is 10.5 Å². The average Bonchev–Trinajstić information content (AvgIpc) is 2.58. The van der Waals surface area contributed by atoms with Gasteiger partial charge in [-0.2, -0.15) is 0 Å². The smallest absolute Gasteiger partial charge is 0.407 e. The number of carbonyl (C=O) groups is 1. The van der Waals surface area contributed by atoms with E-state index in [-0.39, 0.29) is 11.3 Å². The van der Waals surface area contributed by atoms with Crippen molar-refractivity contribution in [1.29, 1.82) is 0 Å².